The maximum Gasteiger partial charge on any atom is 0.251 e. The third kappa shape index (κ3) is 4.32. The number of hydrogen-bond acceptors (Lipinski definition) is 4. The molecule has 2 aromatic rings. The topological polar surface area (TPSA) is 70.6 Å². The van der Waals surface area contributed by atoms with Gasteiger partial charge in [0.05, 0.1) is 6.10 Å². The van der Waals surface area contributed by atoms with Crippen molar-refractivity contribution < 1.29 is 23.4 Å². The third-order valence-electron chi connectivity index (χ3n) is 4.07. The number of amides is 1. The van der Waals surface area contributed by atoms with Crippen LogP contribution in [0.5, 0.6) is 11.5 Å². The van der Waals surface area contributed by atoms with Crippen LogP contribution in [0.15, 0.2) is 42.5 Å². The van der Waals surface area contributed by atoms with Crippen LogP contribution in [0.2, 0.25) is 0 Å². The van der Waals surface area contributed by atoms with Crippen LogP contribution in [-0.4, -0.2) is 36.8 Å². The minimum Gasteiger partial charge on any atom is -0.457 e. The average Bonchev–Trinajstić information content (AvgIpc) is 3.02. The summed E-state index contributed by atoms with van der Waals surface area (Å²) in [6.45, 7) is 1.60. The second-order valence-corrected chi connectivity index (χ2v) is 5.90. The monoisotopic (exact) mass is 348 g/mol. The first kappa shape index (κ1) is 17.3. The Bertz CT molecular complexity index is 752. The van der Waals surface area contributed by atoms with Gasteiger partial charge >= 0.3 is 0 Å². The molecule has 0 saturated carbocycles. The first-order valence-electron chi connectivity index (χ1n) is 7.93. The molecule has 3 N–H and O–H groups in total. The van der Waals surface area contributed by atoms with E-state index in [1.807, 2.05) is 0 Å². The van der Waals surface area contributed by atoms with Gasteiger partial charge in [0.2, 0.25) is 0 Å². The van der Waals surface area contributed by atoms with Crippen LogP contribution in [0.25, 0.3) is 0 Å². The minimum absolute atomic E-state index is 0.0000656. The second kappa shape index (κ2) is 7.58. The lowest BCUT2D eigenvalue weighted by atomic mass is 10.1. The Hall–Kier alpha value is -2.51. The van der Waals surface area contributed by atoms with Crippen LogP contribution < -0.4 is 15.4 Å². The average molecular weight is 348 g/mol. The van der Waals surface area contributed by atoms with Gasteiger partial charge < -0.3 is 20.5 Å². The predicted molar refractivity (Wildman–Crippen MR) is 87.6 cm³/mol. The number of aliphatic hydroxyl groups is 1. The molecule has 0 radical (unpaired) electrons. The number of aliphatic hydroxyl groups excluding tert-OH is 1. The molecule has 132 valence electrons. The zero-order valence-electron chi connectivity index (χ0n) is 13.3. The van der Waals surface area contributed by atoms with Crippen LogP contribution in [0.1, 0.15) is 10.4 Å². The normalized spacial score (nSPS) is 19.6. The van der Waals surface area contributed by atoms with Gasteiger partial charge in [-0.25, -0.2) is 8.78 Å². The third-order valence-corrected chi connectivity index (χ3v) is 4.07. The molecule has 5 nitrogen and oxygen atoms in total. The van der Waals surface area contributed by atoms with E-state index in [0.29, 0.717) is 30.9 Å². The number of carbonyl (C=O) groups excluding carboxylic acids is 1. The van der Waals surface area contributed by atoms with E-state index in [0.717, 1.165) is 12.1 Å². The van der Waals surface area contributed by atoms with Gasteiger partial charge in [0.15, 0.2) is 11.6 Å². The van der Waals surface area contributed by atoms with Crippen LogP contribution in [0, 0.1) is 17.6 Å². The lowest BCUT2D eigenvalue weighted by Crippen LogP contribution is -2.34. The molecule has 0 bridgehead atoms. The smallest absolute Gasteiger partial charge is 0.251 e. The van der Waals surface area contributed by atoms with E-state index >= 15 is 0 Å². The molecule has 0 aliphatic carbocycles. The molecule has 25 heavy (non-hydrogen) atoms. The van der Waals surface area contributed by atoms with Crippen LogP contribution in [0.3, 0.4) is 0 Å². The van der Waals surface area contributed by atoms with Gasteiger partial charge in [-0.3, -0.25) is 4.79 Å². The van der Waals surface area contributed by atoms with Gasteiger partial charge in [-0.15, -0.1) is 0 Å². The van der Waals surface area contributed by atoms with Crippen molar-refractivity contribution in [2.45, 2.75) is 6.10 Å². The van der Waals surface area contributed by atoms with Crippen molar-refractivity contribution >= 4 is 5.91 Å². The summed E-state index contributed by atoms with van der Waals surface area (Å²) in [4.78, 5) is 12.1. The van der Waals surface area contributed by atoms with Crippen molar-refractivity contribution in [1.82, 2.24) is 10.6 Å². The van der Waals surface area contributed by atoms with Gasteiger partial charge in [0.1, 0.15) is 11.5 Å². The van der Waals surface area contributed by atoms with Gasteiger partial charge in [-0.1, -0.05) is 0 Å². The summed E-state index contributed by atoms with van der Waals surface area (Å²) in [6.07, 6.45) is -0.452. The quantitative estimate of drug-likeness (QED) is 0.774. The van der Waals surface area contributed by atoms with E-state index in [2.05, 4.69) is 10.6 Å². The molecule has 0 aromatic heterocycles. The maximum absolute atomic E-state index is 13.2. The molecular weight excluding hydrogens is 330 g/mol. The lowest BCUT2D eigenvalue weighted by Gasteiger charge is -2.14. The number of benzene rings is 2. The van der Waals surface area contributed by atoms with E-state index in [1.54, 1.807) is 24.3 Å². The summed E-state index contributed by atoms with van der Waals surface area (Å²) in [5.41, 5.74) is 0.443. The largest absolute Gasteiger partial charge is 0.457 e. The molecule has 1 amide bonds. The summed E-state index contributed by atoms with van der Waals surface area (Å²) in [7, 11) is 0. The number of hydrogen-bond donors (Lipinski definition) is 3. The first-order chi connectivity index (χ1) is 12.0. The van der Waals surface area contributed by atoms with Gasteiger partial charge in [-0.2, -0.15) is 0 Å². The second-order valence-electron chi connectivity index (χ2n) is 5.90. The van der Waals surface area contributed by atoms with E-state index < -0.39 is 17.7 Å². The van der Waals surface area contributed by atoms with E-state index in [9.17, 15) is 18.7 Å². The Morgan fingerprint density at radius 3 is 2.48 bits per heavy atom. The summed E-state index contributed by atoms with van der Waals surface area (Å²) in [5.74, 6) is -1.62. The Labute approximate surface area is 143 Å². The molecule has 0 spiro atoms. The predicted octanol–water partition coefficient (Wildman–Crippen LogP) is 2.07. The molecule has 2 unspecified atom stereocenters. The fourth-order valence-electron chi connectivity index (χ4n) is 2.60. The van der Waals surface area contributed by atoms with Gasteiger partial charge in [0.25, 0.3) is 5.91 Å². The molecular formula is C18H18F2N2O3. The molecule has 7 heteroatoms. The van der Waals surface area contributed by atoms with Gasteiger partial charge in [0, 0.05) is 37.2 Å². The Morgan fingerprint density at radius 2 is 1.84 bits per heavy atom. The number of ether oxygens (including phenoxy) is 1. The highest BCUT2D eigenvalue weighted by Crippen LogP contribution is 2.23. The Balaban J connectivity index is 1.57. The zero-order valence-corrected chi connectivity index (χ0v) is 13.3. The Morgan fingerprint density at radius 1 is 1.12 bits per heavy atom. The van der Waals surface area contributed by atoms with Crippen LogP contribution in [-0.2, 0) is 0 Å². The van der Waals surface area contributed by atoms with Crippen molar-refractivity contribution in [2.24, 2.45) is 5.92 Å². The van der Waals surface area contributed by atoms with Crippen molar-refractivity contribution in [2.75, 3.05) is 19.6 Å². The number of β-amino-alcohol motifs (C(OH)–C–C–N with tert-alkyl or cyclic N) is 1. The maximum atomic E-state index is 13.2. The molecule has 2 atom stereocenters. The SMILES string of the molecule is O=C(NCC1CNCC1O)c1ccc(Oc2ccc(F)c(F)c2)cc1. The fraction of sp³-hybridized carbons (Fsp3) is 0.278. The fourth-order valence-corrected chi connectivity index (χ4v) is 2.60. The van der Waals surface area contributed by atoms with E-state index in [1.165, 1.54) is 6.07 Å². The first-order valence-corrected chi connectivity index (χ1v) is 7.93. The van der Waals surface area contributed by atoms with Crippen molar-refractivity contribution in [3.63, 3.8) is 0 Å². The Kier molecular flexibility index (Phi) is 5.25. The van der Waals surface area contributed by atoms with Crippen molar-refractivity contribution in [3.8, 4) is 11.5 Å². The zero-order chi connectivity index (χ0) is 17.8. The number of nitrogens with one attached hydrogen (secondary N) is 2. The molecule has 1 aliphatic rings. The lowest BCUT2D eigenvalue weighted by molar-refractivity contribution is 0.0927. The van der Waals surface area contributed by atoms with Gasteiger partial charge in [-0.05, 0) is 36.4 Å². The number of rotatable bonds is 5. The highest BCUT2D eigenvalue weighted by atomic mass is 19.2. The molecule has 1 heterocycles. The molecule has 3 rings (SSSR count). The van der Waals surface area contributed by atoms with E-state index in [-0.39, 0.29) is 17.6 Å². The molecule has 1 saturated heterocycles. The highest BCUT2D eigenvalue weighted by molar-refractivity contribution is 5.94. The summed E-state index contributed by atoms with van der Waals surface area (Å²) in [5, 5.41) is 15.5. The minimum atomic E-state index is -0.989. The summed E-state index contributed by atoms with van der Waals surface area (Å²) in [6, 6.07) is 9.56. The van der Waals surface area contributed by atoms with Crippen LogP contribution >= 0.6 is 0 Å². The molecule has 1 aliphatic heterocycles. The standard InChI is InChI=1S/C18H18F2N2O3/c19-15-6-5-14(7-16(15)20)25-13-3-1-11(2-4-13)18(24)22-9-12-8-21-10-17(12)23/h1-7,12,17,21,23H,8-10H2,(H,22,24). The number of carbonyl (C=O) groups is 1. The number of halogens is 2. The highest BCUT2D eigenvalue weighted by Gasteiger charge is 2.25. The molecule has 2 aromatic carbocycles. The summed E-state index contributed by atoms with van der Waals surface area (Å²) >= 11 is 0. The summed E-state index contributed by atoms with van der Waals surface area (Å²) < 4.78 is 31.5. The van der Waals surface area contributed by atoms with Crippen molar-refractivity contribution in [1.29, 1.82) is 0 Å². The van der Waals surface area contributed by atoms with Crippen LogP contribution in [0.4, 0.5) is 8.78 Å². The molecule has 1 fully saturated rings. The van der Waals surface area contributed by atoms with E-state index in [4.69, 9.17) is 4.74 Å². The van der Waals surface area contributed by atoms with Crippen molar-refractivity contribution in [3.05, 3.63) is 59.7 Å².